The van der Waals surface area contributed by atoms with Crippen LogP contribution < -0.4 is 19.7 Å². The first kappa shape index (κ1) is 19.7. The Kier molecular flexibility index (Phi) is 5.84. The van der Waals surface area contributed by atoms with Crippen LogP contribution in [0, 0.1) is 0 Å². The Bertz CT molecular complexity index is 991. The topological polar surface area (TPSA) is 105 Å². The van der Waals surface area contributed by atoms with E-state index in [0.717, 1.165) is 5.56 Å². The number of nitrogens with one attached hydrogen (secondary N) is 2. The summed E-state index contributed by atoms with van der Waals surface area (Å²) in [6, 6.07) is 13.6. The molecule has 0 atom stereocenters. The molecule has 1 fully saturated rings. The highest BCUT2D eigenvalue weighted by Crippen LogP contribution is 2.26. The average molecular weight is 403 g/mol. The van der Waals surface area contributed by atoms with Crippen molar-refractivity contribution in [3.05, 3.63) is 54.1 Å². The summed E-state index contributed by atoms with van der Waals surface area (Å²) in [6.45, 7) is 0.543. The Balaban J connectivity index is 1.63. The minimum absolute atomic E-state index is 0.106. The first-order valence-corrected chi connectivity index (χ1v) is 10.3. The van der Waals surface area contributed by atoms with Gasteiger partial charge >= 0.3 is 11.8 Å². The summed E-state index contributed by atoms with van der Waals surface area (Å²) >= 11 is 0. The molecule has 0 aliphatic carbocycles. The van der Waals surface area contributed by atoms with E-state index in [0.29, 0.717) is 30.1 Å². The van der Waals surface area contributed by atoms with Crippen LogP contribution in [0.1, 0.15) is 12.0 Å². The molecule has 3 rings (SSSR count). The van der Waals surface area contributed by atoms with Crippen molar-refractivity contribution in [2.75, 3.05) is 29.0 Å². The van der Waals surface area contributed by atoms with Crippen molar-refractivity contribution in [3.63, 3.8) is 0 Å². The van der Waals surface area contributed by atoms with E-state index in [9.17, 15) is 18.0 Å². The lowest BCUT2D eigenvalue weighted by Gasteiger charge is -2.17. The van der Waals surface area contributed by atoms with E-state index in [1.165, 1.54) is 17.5 Å². The summed E-state index contributed by atoms with van der Waals surface area (Å²) < 4.78 is 30.6. The van der Waals surface area contributed by atoms with Crippen LogP contribution >= 0.6 is 0 Å². The van der Waals surface area contributed by atoms with Gasteiger partial charge in [-0.25, -0.2) is 8.42 Å². The number of rotatable bonds is 5. The number of carbonyl (C=O) groups is 2. The molecule has 1 saturated heterocycles. The second-order valence-electron chi connectivity index (χ2n) is 6.24. The van der Waals surface area contributed by atoms with Crippen LogP contribution in [-0.4, -0.2) is 39.6 Å². The van der Waals surface area contributed by atoms with Gasteiger partial charge in [-0.1, -0.05) is 24.3 Å². The minimum Gasteiger partial charge on any atom is -0.496 e. The van der Waals surface area contributed by atoms with Gasteiger partial charge in [0, 0.05) is 24.3 Å². The third kappa shape index (κ3) is 4.42. The molecule has 2 aromatic carbocycles. The molecule has 8 nitrogen and oxygen atoms in total. The van der Waals surface area contributed by atoms with Crippen molar-refractivity contribution in [3.8, 4) is 5.75 Å². The lowest BCUT2D eigenvalue weighted by molar-refractivity contribution is -0.136. The number of nitrogens with zero attached hydrogens (tertiary/aromatic N) is 1. The first-order valence-electron chi connectivity index (χ1n) is 8.72. The molecular weight excluding hydrogens is 382 g/mol. The molecule has 1 aliphatic heterocycles. The van der Waals surface area contributed by atoms with Gasteiger partial charge in [0.15, 0.2) is 0 Å². The molecule has 1 aliphatic rings. The zero-order chi connectivity index (χ0) is 20.1. The number of hydrogen-bond acceptors (Lipinski definition) is 5. The maximum Gasteiger partial charge on any atom is 0.313 e. The largest absolute Gasteiger partial charge is 0.496 e. The third-order valence-corrected chi connectivity index (χ3v) is 6.20. The van der Waals surface area contributed by atoms with Crippen molar-refractivity contribution < 1.29 is 22.7 Å². The van der Waals surface area contributed by atoms with Crippen LogP contribution in [0.3, 0.4) is 0 Å². The number of amides is 2. The maximum absolute atomic E-state index is 12.2. The monoisotopic (exact) mass is 403 g/mol. The number of para-hydroxylation sites is 1. The van der Waals surface area contributed by atoms with Crippen molar-refractivity contribution in [1.29, 1.82) is 0 Å². The summed E-state index contributed by atoms with van der Waals surface area (Å²) in [5.41, 5.74) is 1.55. The zero-order valence-electron chi connectivity index (χ0n) is 15.3. The summed E-state index contributed by atoms with van der Waals surface area (Å²) in [4.78, 5) is 24.3. The van der Waals surface area contributed by atoms with Gasteiger partial charge < -0.3 is 15.4 Å². The summed E-state index contributed by atoms with van der Waals surface area (Å²) in [5, 5.41) is 5.03. The standard InChI is InChI=1S/C19H21N3O5S/c1-27-17-9-3-2-6-14(17)13-20-18(23)19(24)21-15-7-4-8-16(12-15)22-10-5-11-28(22,25)26/h2-4,6-9,12H,5,10-11,13H2,1H3,(H,20,23)(H,21,24). The van der Waals surface area contributed by atoms with E-state index in [1.807, 2.05) is 12.1 Å². The van der Waals surface area contributed by atoms with Gasteiger partial charge in [0.2, 0.25) is 10.0 Å². The highest BCUT2D eigenvalue weighted by atomic mass is 32.2. The molecule has 0 spiro atoms. The quantitative estimate of drug-likeness (QED) is 0.736. The summed E-state index contributed by atoms with van der Waals surface area (Å²) in [6.07, 6.45) is 0.560. The number of anilines is 2. The van der Waals surface area contributed by atoms with Crippen LogP contribution in [0.4, 0.5) is 11.4 Å². The number of methoxy groups -OCH3 is 1. The predicted molar refractivity (Wildman–Crippen MR) is 106 cm³/mol. The van der Waals surface area contributed by atoms with E-state index in [4.69, 9.17) is 4.74 Å². The number of ether oxygens (including phenoxy) is 1. The highest BCUT2D eigenvalue weighted by molar-refractivity contribution is 7.93. The molecule has 2 N–H and O–H groups in total. The van der Waals surface area contributed by atoms with Crippen molar-refractivity contribution >= 4 is 33.2 Å². The van der Waals surface area contributed by atoms with Gasteiger partial charge in [-0.15, -0.1) is 0 Å². The fourth-order valence-electron chi connectivity index (χ4n) is 2.96. The molecule has 0 radical (unpaired) electrons. The van der Waals surface area contributed by atoms with Gasteiger partial charge in [-0.3, -0.25) is 13.9 Å². The van der Waals surface area contributed by atoms with Crippen LogP contribution in [0.2, 0.25) is 0 Å². The Morgan fingerprint density at radius 2 is 1.89 bits per heavy atom. The highest BCUT2D eigenvalue weighted by Gasteiger charge is 2.28. The van der Waals surface area contributed by atoms with E-state index < -0.39 is 21.8 Å². The molecule has 0 bridgehead atoms. The van der Waals surface area contributed by atoms with E-state index in [-0.39, 0.29) is 12.3 Å². The minimum atomic E-state index is -3.32. The van der Waals surface area contributed by atoms with Gasteiger partial charge in [-0.05, 0) is 30.7 Å². The summed E-state index contributed by atoms with van der Waals surface area (Å²) in [5.74, 6) is -0.918. The lowest BCUT2D eigenvalue weighted by Crippen LogP contribution is -2.35. The van der Waals surface area contributed by atoms with E-state index in [1.54, 1.807) is 30.3 Å². The fraction of sp³-hybridized carbons (Fsp3) is 0.263. The van der Waals surface area contributed by atoms with Crippen LogP contribution in [0.15, 0.2) is 48.5 Å². The molecule has 0 saturated carbocycles. The molecule has 9 heteroatoms. The molecular formula is C19H21N3O5S. The smallest absolute Gasteiger partial charge is 0.313 e. The Morgan fingerprint density at radius 1 is 1.11 bits per heavy atom. The van der Waals surface area contributed by atoms with Crippen LogP contribution in [0.5, 0.6) is 5.75 Å². The number of sulfonamides is 1. The van der Waals surface area contributed by atoms with E-state index >= 15 is 0 Å². The molecule has 148 valence electrons. The van der Waals surface area contributed by atoms with Gasteiger partial charge in [0.25, 0.3) is 0 Å². The lowest BCUT2D eigenvalue weighted by atomic mass is 10.2. The van der Waals surface area contributed by atoms with Crippen molar-refractivity contribution in [1.82, 2.24) is 5.32 Å². The van der Waals surface area contributed by atoms with Gasteiger partial charge in [0.1, 0.15) is 5.75 Å². The van der Waals surface area contributed by atoms with Crippen LogP contribution in [0.25, 0.3) is 0 Å². The van der Waals surface area contributed by atoms with Gasteiger partial charge in [-0.2, -0.15) is 0 Å². The second-order valence-corrected chi connectivity index (χ2v) is 8.25. The molecule has 28 heavy (non-hydrogen) atoms. The maximum atomic E-state index is 12.2. The van der Waals surface area contributed by atoms with Crippen molar-refractivity contribution in [2.24, 2.45) is 0 Å². The third-order valence-electron chi connectivity index (χ3n) is 4.33. The Labute approximate surface area is 163 Å². The SMILES string of the molecule is COc1ccccc1CNC(=O)C(=O)Nc1cccc(N2CCCS2(=O)=O)c1. The molecule has 2 amide bonds. The Morgan fingerprint density at radius 3 is 2.61 bits per heavy atom. The first-order chi connectivity index (χ1) is 13.4. The van der Waals surface area contributed by atoms with Gasteiger partial charge in [0.05, 0.1) is 18.6 Å². The normalized spacial score (nSPS) is 15.1. The molecule has 2 aromatic rings. The second kappa shape index (κ2) is 8.30. The number of hydrogen-bond donors (Lipinski definition) is 2. The average Bonchev–Trinajstić information content (AvgIpc) is 3.05. The fourth-order valence-corrected chi connectivity index (χ4v) is 4.52. The van der Waals surface area contributed by atoms with E-state index in [2.05, 4.69) is 10.6 Å². The summed E-state index contributed by atoms with van der Waals surface area (Å²) in [7, 11) is -1.79. The van der Waals surface area contributed by atoms with Crippen molar-refractivity contribution in [2.45, 2.75) is 13.0 Å². The number of carbonyl (C=O) groups excluding carboxylic acids is 2. The Hall–Kier alpha value is -3.07. The molecule has 1 heterocycles. The molecule has 0 unspecified atom stereocenters. The predicted octanol–water partition coefficient (Wildman–Crippen LogP) is 1.49. The zero-order valence-corrected chi connectivity index (χ0v) is 16.2. The number of benzene rings is 2. The molecule has 0 aromatic heterocycles. The van der Waals surface area contributed by atoms with Crippen LogP contribution in [-0.2, 0) is 26.2 Å².